The van der Waals surface area contributed by atoms with Crippen LogP contribution in [0.25, 0.3) is 10.2 Å². The lowest BCUT2D eigenvalue weighted by molar-refractivity contribution is -0.117. The average Bonchev–Trinajstić information content (AvgIpc) is 3.25. The Labute approximate surface area is 167 Å². The van der Waals surface area contributed by atoms with E-state index in [9.17, 15) is 9.59 Å². The number of aromatic amines is 1. The minimum absolute atomic E-state index is 0.0117. The van der Waals surface area contributed by atoms with Crippen molar-refractivity contribution in [2.24, 2.45) is 5.92 Å². The number of nitrogens with one attached hydrogen (secondary N) is 2. The largest absolute Gasteiger partial charge is 0.338 e. The summed E-state index contributed by atoms with van der Waals surface area (Å²) in [6.45, 7) is 5.15. The molecule has 0 bridgehead atoms. The molecule has 0 spiro atoms. The predicted molar refractivity (Wildman–Crippen MR) is 110 cm³/mol. The fraction of sp³-hybridized carbons (Fsp3) is 0.400. The summed E-state index contributed by atoms with van der Waals surface area (Å²) in [5, 5.41) is 10.7. The third-order valence-electron chi connectivity index (χ3n) is 5.12. The van der Waals surface area contributed by atoms with Crippen molar-refractivity contribution in [1.29, 1.82) is 0 Å². The highest BCUT2D eigenvalue weighted by Gasteiger charge is 2.27. The quantitative estimate of drug-likeness (QED) is 0.705. The van der Waals surface area contributed by atoms with Crippen LogP contribution in [0.15, 0.2) is 24.4 Å². The number of aromatic nitrogens is 3. The molecule has 1 unspecified atom stereocenters. The first-order valence-electron chi connectivity index (χ1n) is 9.46. The highest BCUT2D eigenvalue weighted by Crippen LogP contribution is 2.26. The van der Waals surface area contributed by atoms with Crippen LogP contribution in [0.4, 0.5) is 5.69 Å². The fourth-order valence-electron chi connectivity index (χ4n) is 3.74. The number of H-pyrrole nitrogens is 1. The van der Waals surface area contributed by atoms with E-state index >= 15 is 0 Å². The second-order valence-corrected chi connectivity index (χ2v) is 8.57. The fourth-order valence-corrected chi connectivity index (χ4v) is 4.61. The van der Waals surface area contributed by atoms with Crippen LogP contribution in [0.5, 0.6) is 0 Å². The van der Waals surface area contributed by atoms with Crippen LogP contribution in [0.3, 0.4) is 0 Å². The molecular formula is C20H23N5O2S. The van der Waals surface area contributed by atoms with Gasteiger partial charge in [-0.15, -0.1) is 11.3 Å². The summed E-state index contributed by atoms with van der Waals surface area (Å²) in [6.07, 6.45) is 3.85. The standard InChI is InChI=1S/C20H23N5O2S/c1-12-16(10-21-24-12)20(27)25-7-3-4-14(11-25)8-19(26)23-15-5-6-17-18(9-15)28-13(2)22-17/h5-6,9-10,14H,3-4,7-8,11H2,1-2H3,(H,21,24)(H,23,26). The highest BCUT2D eigenvalue weighted by atomic mass is 32.1. The Bertz CT molecular complexity index is 1020. The van der Waals surface area contributed by atoms with Gasteiger partial charge in [0.1, 0.15) is 0 Å². The lowest BCUT2D eigenvalue weighted by atomic mass is 9.94. The summed E-state index contributed by atoms with van der Waals surface area (Å²) in [5.74, 6) is 0.140. The molecule has 1 aliphatic rings. The molecule has 0 radical (unpaired) electrons. The second kappa shape index (κ2) is 7.71. The van der Waals surface area contributed by atoms with Gasteiger partial charge in [-0.1, -0.05) is 0 Å². The molecule has 2 amide bonds. The minimum Gasteiger partial charge on any atom is -0.338 e. The first-order valence-corrected chi connectivity index (χ1v) is 10.3. The maximum absolute atomic E-state index is 12.7. The van der Waals surface area contributed by atoms with Crippen molar-refractivity contribution in [2.75, 3.05) is 18.4 Å². The molecule has 1 aliphatic heterocycles. The van der Waals surface area contributed by atoms with Gasteiger partial charge in [0.15, 0.2) is 0 Å². The monoisotopic (exact) mass is 397 g/mol. The van der Waals surface area contributed by atoms with Crippen molar-refractivity contribution in [3.63, 3.8) is 0 Å². The van der Waals surface area contributed by atoms with Crippen LogP contribution in [0, 0.1) is 19.8 Å². The molecule has 3 heterocycles. The number of nitrogens with zero attached hydrogens (tertiary/aromatic N) is 3. The molecule has 2 aromatic heterocycles. The number of carbonyl (C=O) groups excluding carboxylic acids is 2. The van der Waals surface area contributed by atoms with Gasteiger partial charge in [-0.2, -0.15) is 5.10 Å². The van der Waals surface area contributed by atoms with Gasteiger partial charge in [0.25, 0.3) is 5.91 Å². The third kappa shape index (κ3) is 3.91. The summed E-state index contributed by atoms with van der Waals surface area (Å²) >= 11 is 1.62. The number of fused-ring (bicyclic) bond motifs is 1. The summed E-state index contributed by atoms with van der Waals surface area (Å²) in [7, 11) is 0. The molecule has 2 N–H and O–H groups in total. The molecule has 28 heavy (non-hydrogen) atoms. The molecule has 1 atom stereocenters. The molecule has 7 nitrogen and oxygen atoms in total. The van der Waals surface area contributed by atoms with E-state index < -0.39 is 0 Å². The van der Waals surface area contributed by atoms with E-state index in [-0.39, 0.29) is 17.7 Å². The van der Waals surface area contributed by atoms with Gasteiger partial charge >= 0.3 is 0 Å². The molecule has 3 aromatic rings. The Hall–Kier alpha value is -2.74. The molecule has 0 aliphatic carbocycles. The van der Waals surface area contributed by atoms with Crippen LogP contribution in [0.2, 0.25) is 0 Å². The molecular weight excluding hydrogens is 374 g/mol. The maximum Gasteiger partial charge on any atom is 0.257 e. The van der Waals surface area contributed by atoms with E-state index in [2.05, 4.69) is 20.5 Å². The predicted octanol–water partition coefficient (Wildman–Crippen LogP) is 3.52. The van der Waals surface area contributed by atoms with Crippen molar-refractivity contribution < 1.29 is 9.59 Å². The molecule has 0 saturated carbocycles. The zero-order valence-electron chi connectivity index (χ0n) is 16.0. The highest BCUT2D eigenvalue weighted by molar-refractivity contribution is 7.18. The van der Waals surface area contributed by atoms with Gasteiger partial charge in [0.2, 0.25) is 5.91 Å². The number of hydrogen-bond acceptors (Lipinski definition) is 5. The third-order valence-corrected chi connectivity index (χ3v) is 6.05. The smallest absolute Gasteiger partial charge is 0.257 e. The van der Waals surface area contributed by atoms with Crippen molar-refractivity contribution in [1.82, 2.24) is 20.1 Å². The Morgan fingerprint density at radius 3 is 3.00 bits per heavy atom. The van der Waals surface area contributed by atoms with E-state index in [0.717, 1.165) is 46.0 Å². The number of anilines is 1. The number of hydrogen-bond donors (Lipinski definition) is 2. The molecule has 4 rings (SSSR count). The van der Waals surface area contributed by atoms with E-state index in [0.29, 0.717) is 18.5 Å². The van der Waals surface area contributed by atoms with Gasteiger partial charge in [-0.25, -0.2) is 4.98 Å². The zero-order valence-corrected chi connectivity index (χ0v) is 16.8. The molecule has 1 aromatic carbocycles. The molecule has 1 fully saturated rings. The lowest BCUT2D eigenvalue weighted by Crippen LogP contribution is -2.41. The Morgan fingerprint density at radius 1 is 1.36 bits per heavy atom. The summed E-state index contributed by atoms with van der Waals surface area (Å²) in [6, 6.07) is 5.79. The summed E-state index contributed by atoms with van der Waals surface area (Å²) in [5.41, 5.74) is 3.13. The van der Waals surface area contributed by atoms with Crippen LogP contribution in [-0.4, -0.2) is 45.0 Å². The normalized spacial score (nSPS) is 17.1. The molecule has 8 heteroatoms. The van der Waals surface area contributed by atoms with Crippen molar-refractivity contribution in [2.45, 2.75) is 33.1 Å². The minimum atomic E-state index is -0.0145. The van der Waals surface area contributed by atoms with Crippen molar-refractivity contribution in [3.8, 4) is 0 Å². The number of piperidine rings is 1. The number of carbonyl (C=O) groups is 2. The first kappa shape index (κ1) is 18.6. The Balaban J connectivity index is 1.37. The van der Waals surface area contributed by atoms with Gasteiger partial charge in [-0.3, -0.25) is 14.7 Å². The molecule has 1 saturated heterocycles. The van der Waals surface area contributed by atoms with Crippen molar-refractivity contribution >= 4 is 39.1 Å². The Morgan fingerprint density at radius 2 is 2.21 bits per heavy atom. The van der Waals surface area contributed by atoms with Gasteiger partial charge < -0.3 is 10.2 Å². The summed E-state index contributed by atoms with van der Waals surface area (Å²) < 4.78 is 1.07. The van der Waals surface area contributed by atoms with E-state index in [4.69, 9.17) is 0 Å². The topological polar surface area (TPSA) is 91.0 Å². The SMILES string of the molecule is Cc1nc2ccc(NC(=O)CC3CCCN(C(=O)c4cn[nH]c4C)C3)cc2s1. The number of aryl methyl sites for hydroxylation is 2. The van der Waals surface area contributed by atoms with Gasteiger partial charge in [-0.05, 0) is 50.8 Å². The average molecular weight is 398 g/mol. The number of benzene rings is 1. The van der Waals surface area contributed by atoms with E-state index in [1.54, 1.807) is 17.5 Å². The van der Waals surface area contributed by atoms with Crippen molar-refractivity contribution in [3.05, 3.63) is 40.7 Å². The number of rotatable bonds is 4. The number of thiazole rings is 1. The van der Waals surface area contributed by atoms with Crippen LogP contribution in [0.1, 0.15) is 40.3 Å². The number of likely N-dealkylation sites (tertiary alicyclic amines) is 1. The van der Waals surface area contributed by atoms with Crippen LogP contribution in [-0.2, 0) is 4.79 Å². The van der Waals surface area contributed by atoms with Gasteiger partial charge in [0, 0.05) is 30.9 Å². The maximum atomic E-state index is 12.7. The van der Waals surface area contributed by atoms with E-state index in [1.165, 1.54) is 0 Å². The lowest BCUT2D eigenvalue weighted by Gasteiger charge is -2.32. The van der Waals surface area contributed by atoms with E-state index in [1.807, 2.05) is 36.9 Å². The van der Waals surface area contributed by atoms with Crippen LogP contribution >= 0.6 is 11.3 Å². The molecule has 146 valence electrons. The Kier molecular flexibility index (Phi) is 5.13. The zero-order chi connectivity index (χ0) is 19.7. The van der Waals surface area contributed by atoms with Crippen LogP contribution < -0.4 is 5.32 Å². The first-order chi connectivity index (χ1) is 13.5. The van der Waals surface area contributed by atoms with Gasteiger partial charge in [0.05, 0.1) is 27.0 Å². The number of amides is 2. The summed E-state index contributed by atoms with van der Waals surface area (Å²) in [4.78, 5) is 31.5. The second-order valence-electron chi connectivity index (χ2n) is 7.34.